The van der Waals surface area contributed by atoms with E-state index < -0.39 is 0 Å². The molecule has 1 aliphatic carbocycles. The van der Waals surface area contributed by atoms with Crippen molar-refractivity contribution in [2.75, 3.05) is 39.4 Å². The van der Waals surface area contributed by atoms with Crippen molar-refractivity contribution >= 4 is 6.03 Å². The van der Waals surface area contributed by atoms with Crippen molar-refractivity contribution in [3.8, 4) is 0 Å². The zero-order valence-corrected chi connectivity index (χ0v) is 18.9. The van der Waals surface area contributed by atoms with Crippen molar-refractivity contribution in [1.29, 1.82) is 0 Å². The first-order valence-corrected chi connectivity index (χ1v) is 11.8. The number of ether oxygens (including phenoxy) is 1. The third-order valence-corrected chi connectivity index (χ3v) is 8.03. The number of carbonyl (C=O) groups excluding carboxylic acids is 1. The van der Waals surface area contributed by atoms with Crippen molar-refractivity contribution in [3.05, 3.63) is 17.0 Å². The molecule has 3 saturated heterocycles. The van der Waals surface area contributed by atoms with Crippen LogP contribution in [0.5, 0.6) is 0 Å². The van der Waals surface area contributed by atoms with Crippen LogP contribution in [0.15, 0.2) is 0 Å². The van der Waals surface area contributed by atoms with Crippen LogP contribution in [0.1, 0.15) is 55.5 Å². The van der Waals surface area contributed by atoms with Crippen LogP contribution < -0.4 is 0 Å². The fourth-order valence-corrected chi connectivity index (χ4v) is 5.91. The summed E-state index contributed by atoms with van der Waals surface area (Å²) in [7, 11) is 2.03. The maximum atomic E-state index is 13.5. The van der Waals surface area contributed by atoms with Crippen LogP contribution in [0.25, 0.3) is 0 Å². The average molecular weight is 416 g/mol. The van der Waals surface area contributed by atoms with Crippen LogP contribution in [-0.4, -0.2) is 81.5 Å². The van der Waals surface area contributed by atoms with Gasteiger partial charge in [0.1, 0.15) is 0 Å². The van der Waals surface area contributed by atoms with Crippen molar-refractivity contribution < 1.29 is 9.53 Å². The van der Waals surface area contributed by atoms with E-state index in [2.05, 4.69) is 33.6 Å². The lowest BCUT2D eigenvalue weighted by molar-refractivity contribution is -0.0167. The molecular weight excluding hydrogens is 378 g/mol. The van der Waals surface area contributed by atoms with E-state index in [0.717, 1.165) is 83.2 Å². The summed E-state index contributed by atoms with van der Waals surface area (Å²) >= 11 is 0. The maximum absolute atomic E-state index is 13.5. The zero-order valence-electron chi connectivity index (χ0n) is 18.9. The Hall–Kier alpha value is -1.60. The molecule has 7 nitrogen and oxygen atoms in total. The smallest absolute Gasteiger partial charge is 0.320 e. The molecule has 1 aromatic rings. The Balaban J connectivity index is 1.27. The molecule has 0 aromatic carbocycles. The standard InChI is InChI=1S/C23H37N5O2/c1-17-21(18(2)25(3)24-17)15-26-10-6-20(7-11-26)28-22(29)27(14-19-4-5-19)16-23(28)8-12-30-13-9-23/h19-20H,4-16H2,1-3H3. The van der Waals surface area contributed by atoms with Crippen molar-refractivity contribution in [3.63, 3.8) is 0 Å². The lowest BCUT2D eigenvalue weighted by atomic mass is 9.86. The second-order valence-electron chi connectivity index (χ2n) is 10.1. The minimum atomic E-state index is 0.00753. The summed E-state index contributed by atoms with van der Waals surface area (Å²) in [4.78, 5) is 20.5. The molecule has 4 heterocycles. The Labute approximate surface area is 180 Å². The largest absolute Gasteiger partial charge is 0.381 e. The predicted molar refractivity (Wildman–Crippen MR) is 115 cm³/mol. The van der Waals surface area contributed by atoms with Gasteiger partial charge in [0.05, 0.1) is 11.2 Å². The number of carbonyl (C=O) groups is 1. The molecule has 1 spiro atoms. The Morgan fingerprint density at radius 2 is 1.80 bits per heavy atom. The lowest BCUT2D eigenvalue weighted by Gasteiger charge is -2.46. The molecule has 0 atom stereocenters. The molecule has 166 valence electrons. The zero-order chi connectivity index (χ0) is 20.9. The van der Waals surface area contributed by atoms with Crippen molar-refractivity contribution in [1.82, 2.24) is 24.5 Å². The van der Waals surface area contributed by atoms with Gasteiger partial charge in [0.25, 0.3) is 0 Å². The van der Waals surface area contributed by atoms with E-state index in [1.54, 1.807) is 0 Å². The van der Waals surface area contributed by atoms with Gasteiger partial charge in [-0.25, -0.2) is 4.79 Å². The summed E-state index contributed by atoms with van der Waals surface area (Å²) in [5.41, 5.74) is 3.78. The Bertz CT molecular complexity index is 788. The van der Waals surface area contributed by atoms with Gasteiger partial charge in [-0.1, -0.05) is 0 Å². The summed E-state index contributed by atoms with van der Waals surface area (Å²) in [6.07, 6.45) is 6.73. The first-order chi connectivity index (χ1) is 14.5. The Morgan fingerprint density at radius 3 is 2.40 bits per heavy atom. The molecule has 4 aliphatic rings. The first kappa shape index (κ1) is 20.3. The van der Waals surface area contributed by atoms with Gasteiger partial charge < -0.3 is 14.5 Å². The molecule has 3 aliphatic heterocycles. The highest BCUT2D eigenvalue weighted by Crippen LogP contribution is 2.41. The van der Waals surface area contributed by atoms with E-state index in [1.807, 2.05) is 11.7 Å². The minimum Gasteiger partial charge on any atom is -0.381 e. The van der Waals surface area contributed by atoms with Gasteiger partial charge in [-0.2, -0.15) is 5.10 Å². The summed E-state index contributed by atoms with van der Waals surface area (Å²) in [5, 5.41) is 4.58. The van der Waals surface area contributed by atoms with Crippen LogP contribution in [0.3, 0.4) is 0 Å². The highest BCUT2D eigenvalue weighted by molar-refractivity contribution is 5.78. The second-order valence-corrected chi connectivity index (χ2v) is 10.1. The van der Waals surface area contributed by atoms with Gasteiger partial charge in [0, 0.05) is 70.3 Å². The lowest BCUT2D eigenvalue weighted by Crippen LogP contribution is -2.57. The molecule has 0 N–H and O–H groups in total. The number of rotatable bonds is 5. The van der Waals surface area contributed by atoms with Gasteiger partial charge in [-0.3, -0.25) is 9.58 Å². The molecule has 4 fully saturated rings. The number of urea groups is 1. The number of amides is 2. The van der Waals surface area contributed by atoms with Crippen molar-refractivity contribution in [2.24, 2.45) is 13.0 Å². The van der Waals surface area contributed by atoms with Crippen LogP contribution in [0, 0.1) is 19.8 Å². The monoisotopic (exact) mass is 415 g/mol. The number of nitrogens with zero attached hydrogens (tertiary/aromatic N) is 5. The average Bonchev–Trinajstić information content (AvgIpc) is 3.47. The van der Waals surface area contributed by atoms with E-state index >= 15 is 0 Å². The van der Waals surface area contributed by atoms with Crippen molar-refractivity contribution in [2.45, 2.75) is 70.5 Å². The van der Waals surface area contributed by atoms with E-state index in [-0.39, 0.29) is 5.54 Å². The second kappa shape index (κ2) is 7.83. The number of aromatic nitrogens is 2. The molecule has 30 heavy (non-hydrogen) atoms. The third-order valence-electron chi connectivity index (χ3n) is 8.03. The third kappa shape index (κ3) is 3.64. The quantitative estimate of drug-likeness (QED) is 0.742. The highest BCUT2D eigenvalue weighted by atomic mass is 16.5. The first-order valence-electron chi connectivity index (χ1n) is 11.8. The summed E-state index contributed by atoms with van der Waals surface area (Å²) in [5.74, 6) is 0.749. The molecule has 2 amide bonds. The number of likely N-dealkylation sites (tertiary alicyclic amines) is 1. The molecule has 7 heteroatoms. The molecule has 1 saturated carbocycles. The van der Waals surface area contributed by atoms with Crippen LogP contribution in [-0.2, 0) is 18.3 Å². The molecule has 0 bridgehead atoms. The topological polar surface area (TPSA) is 53.8 Å². The fraction of sp³-hybridized carbons (Fsp3) is 0.826. The maximum Gasteiger partial charge on any atom is 0.320 e. The van der Waals surface area contributed by atoms with Crippen LogP contribution in [0.2, 0.25) is 0 Å². The van der Waals surface area contributed by atoms with E-state index in [4.69, 9.17) is 4.74 Å². The van der Waals surface area contributed by atoms with Crippen LogP contribution in [0.4, 0.5) is 4.79 Å². The van der Waals surface area contributed by atoms with Gasteiger partial charge in [0.2, 0.25) is 0 Å². The summed E-state index contributed by atoms with van der Waals surface area (Å²) in [6.45, 7) is 10.8. The van der Waals surface area contributed by atoms with E-state index in [1.165, 1.54) is 24.1 Å². The molecule has 1 aromatic heterocycles. The molecular formula is C23H37N5O2. The van der Waals surface area contributed by atoms with E-state index in [9.17, 15) is 4.79 Å². The van der Waals surface area contributed by atoms with E-state index in [0.29, 0.717) is 12.1 Å². The number of hydrogen-bond donors (Lipinski definition) is 0. The summed E-state index contributed by atoms with van der Waals surface area (Å²) < 4.78 is 7.68. The molecule has 5 rings (SSSR count). The molecule has 0 radical (unpaired) electrons. The van der Waals surface area contributed by atoms with Crippen LogP contribution >= 0.6 is 0 Å². The SMILES string of the molecule is Cc1nn(C)c(C)c1CN1CCC(N2C(=O)N(CC3CC3)CC23CCOCC3)CC1. The van der Waals surface area contributed by atoms with Gasteiger partial charge in [-0.15, -0.1) is 0 Å². The predicted octanol–water partition coefficient (Wildman–Crippen LogP) is 2.70. The fourth-order valence-electron chi connectivity index (χ4n) is 5.91. The highest BCUT2D eigenvalue weighted by Gasteiger charge is 2.53. The Kier molecular flexibility index (Phi) is 5.30. The number of aryl methyl sites for hydroxylation is 2. The Morgan fingerprint density at radius 1 is 1.10 bits per heavy atom. The van der Waals surface area contributed by atoms with Gasteiger partial charge in [-0.05, 0) is 58.3 Å². The van der Waals surface area contributed by atoms with Gasteiger partial charge >= 0.3 is 6.03 Å². The number of hydrogen-bond acceptors (Lipinski definition) is 4. The van der Waals surface area contributed by atoms with Gasteiger partial charge in [0.15, 0.2) is 0 Å². The molecule has 0 unspecified atom stereocenters. The number of piperidine rings is 1. The minimum absolute atomic E-state index is 0.00753. The normalized spacial score (nSPS) is 25.6. The summed E-state index contributed by atoms with van der Waals surface area (Å²) in [6, 6.07) is 0.674.